The Bertz CT molecular complexity index is 267. The Morgan fingerprint density at radius 2 is 1.72 bits per heavy atom. The molecule has 4 heteroatoms. The average Bonchev–Trinajstić information content (AvgIpc) is 2.40. The van der Waals surface area contributed by atoms with E-state index in [1.54, 1.807) is 6.92 Å². The fourth-order valence-corrected chi connectivity index (χ4v) is 3.12. The van der Waals surface area contributed by atoms with E-state index in [1.165, 1.54) is 45.3 Å². The van der Waals surface area contributed by atoms with Crippen LogP contribution in [0, 0.1) is 5.92 Å². The maximum atomic E-state index is 11.3. The highest BCUT2D eigenvalue weighted by Crippen LogP contribution is 2.21. The third-order valence-corrected chi connectivity index (χ3v) is 4.44. The summed E-state index contributed by atoms with van der Waals surface area (Å²) in [6, 6.07) is 0. The first kappa shape index (κ1) is 13.8. The van der Waals surface area contributed by atoms with Crippen molar-refractivity contribution in [3.8, 4) is 0 Å². The Morgan fingerprint density at radius 1 is 1.11 bits per heavy atom. The number of hydrogen-bond donors (Lipinski definition) is 0. The zero-order valence-electron chi connectivity index (χ0n) is 11.7. The number of likely N-dealkylation sites (tertiary alicyclic amines) is 2. The van der Waals surface area contributed by atoms with Crippen molar-refractivity contribution in [1.82, 2.24) is 9.80 Å². The lowest BCUT2D eigenvalue weighted by molar-refractivity contribution is -0.130. The first-order valence-corrected chi connectivity index (χ1v) is 7.19. The minimum atomic E-state index is 0.231. The van der Waals surface area contributed by atoms with Crippen LogP contribution < -0.4 is 0 Å². The molecule has 2 saturated heterocycles. The van der Waals surface area contributed by atoms with E-state index >= 15 is 0 Å². The summed E-state index contributed by atoms with van der Waals surface area (Å²) >= 11 is 0. The number of piperidine rings is 2. The topological polar surface area (TPSA) is 32.8 Å². The van der Waals surface area contributed by atoms with E-state index in [-0.39, 0.29) is 5.91 Å². The Hall–Kier alpha value is -0.610. The number of methoxy groups -OCH3 is 1. The minimum Gasteiger partial charge on any atom is -0.381 e. The molecule has 0 saturated carbocycles. The summed E-state index contributed by atoms with van der Waals surface area (Å²) in [6.45, 7) is 7.14. The molecule has 0 aromatic rings. The van der Waals surface area contributed by atoms with Crippen LogP contribution in [0.25, 0.3) is 0 Å². The summed E-state index contributed by atoms with van der Waals surface area (Å²) in [7, 11) is 1.82. The van der Waals surface area contributed by atoms with Crippen LogP contribution in [-0.4, -0.2) is 61.6 Å². The fraction of sp³-hybridized carbons (Fsp3) is 0.929. The minimum absolute atomic E-state index is 0.231. The van der Waals surface area contributed by atoms with Crippen molar-refractivity contribution in [3.05, 3.63) is 0 Å². The first-order chi connectivity index (χ1) is 8.69. The number of rotatable bonds is 3. The van der Waals surface area contributed by atoms with Crippen LogP contribution in [0.15, 0.2) is 0 Å². The van der Waals surface area contributed by atoms with Gasteiger partial charge in [0.15, 0.2) is 0 Å². The van der Waals surface area contributed by atoms with E-state index in [1.807, 2.05) is 12.0 Å². The molecule has 2 heterocycles. The molecule has 0 aliphatic carbocycles. The number of ether oxygens (including phenoxy) is 1. The summed E-state index contributed by atoms with van der Waals surface area (Å²) in [5.41, 5.74) is 0. The summed E-state index contributed by atoms with van der Waals surface area (Å²) in [6.07, 6.45) is 5.15. The van der Waals surface area contributed by atoms with Crippen LogP contribution in [0.3, 0.4) is 0 Å². The van der Waals surface area contributed by atoms with E-state index in [9.17, 15) is 4.79 Å². The molecular weight excluding hydrogens is 228 g/mol. The molecular formula is C14H26N2O2. The van der Waals surface area contributed by atoms with Crippen molar-refractivity contribution in [1.29, 1.82) is 0 Å². The molecule has 0 aromatic heterocycles. The average molecular weight is 254 g/mol. The van der Waals surface area contributed by atoms with Gasteiger partial charge in [-0.2, -0.15) is 0 Å². The molecule has 0 bridgehead atoms. The van der Waals surface area contributed by atoms with E-state index in [0.717, 1.165) is 19.0 Å². The van der Waals surface area contributed by atoms with Gasteiger partial charge in [-0.15, -0.1) is 0 Å². The molecule has 2 rings (SSSR count). The molecule has 0 aromatic carbocycles. The summed E-state index contributed by atoms with van der Waals surface area (Å²) < 4.78 is 5.40. The molecule has 0 N–H and O–H groups in total. The Balaban J connectivity index is 1.67. The zero-order valence-corrected chi connectivity index (χ0v) is 11.7. The van der Waals surface area contributed by atoms with Crippen LogP contribution in [0.2, 0.25) is 0 Å². The maximum Gasteiger partial charge on any atom is 0.219 e. The molecule has 4 nitrogen and oxygen atoms in total. The predicted octanol–water partition coefficient (Wildman–Crippen LogP) is 1.36. The van der Waals surface area contributed by atoms with E-state index in [0.29, 0.717) is 6.10 Å². The van der Waals surface area contributed by atoms with E-state index in [2.05, 4.69) is 4.90 Å². The second-order valence-corrected chi connectivity index (χ2v) is 5.69. The van der Waals surface area contributed by atoms with Crippen molar-refractivity contribution in [2.75, 3.05) is 39.8 Å². The summed E-state index contributed by atoms with van der Waals surface area (Å²) in [5, 5.41) is 0. The van der Waals surface area contributed by atoms with E-state index < -0.39 is 0 Å². The highest BCUT2D eigenvalue weighted by atomic mass is 16.5. The van der Waals surface area contributed by atoms with Crippen molar-refractivity contribution in [2.45, 2.75) is 38.7 Å². The van der Waals surface area contributed by atoms with Gasteiger partial charge in [-0.3, -0.25) is 4.79 Å². The second kappa shape index (κ2) is 6.53. The number of nitrogens with zero attached hydrogens (tertiary/aromatic N) is 2. The smallest absolute Gasteiger partial charge is 0.219 e. The number of amides is 1. The van der Waals surface area contributed by atoms with Crippen molar-refractivity contribution in [3.63, 3.8) is 0 Å². The monoisotopic (exact) mass is 254 g/mol. The van der Waals surface area contributed by atoms with E-state index in [4.69, 9.17) is 4.74 Å². The molecule has 104 valence electrons. The number of carbonyl (C=O) groups excluding carboxylic acids is 1. The Morgan fingerprint density at radius 3 is 2.22 bits per heavy atom. The number of hydrogen-bond acceptors (Lipinski definition) is 3. The van der Waals surface area contributed by atoms with Crippen molar-refractivity contribution in [2.24, 2.45) is 5.92 Å². The molecule has 18 heavy (non-hydrogen) atoms. The third kappa shape index (κ3) is 3.69. The highest BCUT2D eigenvalue weighted by Gasteiger charge is 2.25. The second-order valence-electron chi connectivity index (χ2n) is 5.69. The standard InChI is InChI=1S/C14H26N2O2/c1-12(17)16-9-3-13(4-10-16)11-15-7-5-14(18-2)6-8-15/h13-14H,3-11H2,1-2H3. The highest BCUT2D eigenvalue weighted by molar-refractivity contribution is 5.73. The van der Waals surface area contributed by atoms with Gasteiger partial charge in [-0.25, -0.2) is 0 Å². The Kier molecular flexibility index (Phi) is 5.01. The molecule has 2 fully saturated rings. The summed E-state index contributed by atoms with van der Waals surface area (Å²) in [5.74, 6) is 1.01. The molecule has 2 aliphatic heterocycles. The van der Waals surface area contributed by atoms with Crippen LogP contribution in [-0.2, 0) is 9.53 Å². The normalized spacial score (nSPS) is 24.4. The van der Waals surface area contributed by atoms with Gasteiger partial charge in [0.2, 0.25) is 5.91 Å². The SMILES string of the molecule is COC1CCN(CC2CCN(C(C)=O)CC2)CC1. The Labute approximate surface area is 110 Å². The molecule has 2 aliphatic rings. The predicted molar refractivity (Wildman–Crippen MR) is 71.4 cm³/mol. The van der Waals surface area contributed by atoms with Gasteiger partial charge in [-0.1, -0.05) is 0 Å². The van der Waals surface area contributed by atoms with Gasteiger partial charge in [-0.05, 0) is 31.6 Å². The molecule has 0 spiro atoms. The van der Waals surface area contributed by atoms with Crippen molar-refractivity contribution < 1.29 is 9.53 Å². The quantitative estimate of drug-likeness (QED) is 0.762. The first-order valence-electron chi connectivity index (χ1n) is 7.19. The van der Waals surface area contributed by atoms with Crippen LogP contribution in [0.4, 0.5) is 0 Å². The molecule has 0 radical (unpaired) electrons. The largest absolute Gasteiger partial charge is 0.381 e. The lowest BCUT2D eigenvalue weighted by Gasteiger charge is -2.37. The number of carbonyl (C=O) groups is 1. The zero-order chi connectivity index (χ0) is 13.0. The molecule has 0 unspecified atom stereocenters. The van der Waals surface area contributed by atoms with Gasteiger partial charge in [0.25, 0.3) is 0 Å². The lowest BCUT2D eigenvalue weighted by atomic mass is 9.95. The lowest BCUT2D eigenvalue weighted by Crippen LogP contribution is -2.43. The fourth-order valence-electron chi connectivity index (χ4n) is 3.12. The van der Waals surface area contributed by atoms with Crippen LogP contribution in [0.1, 0.15) is 32.6 Å². The van der Waals surface area contributed by atoms with Gasteiger partial charge >= 0.3 is 0 Å². The van der Waals surface area contributed by atoms with Crippen LogP contribution in [0.5, 0.6) is 0 Å². The van der Waals surface area contributed by atoms with Gasteiger partial charge in [0, 0.05) is 46.8 Å². The van der Waals surface area contributed by atoms with Gasteiger partial charge in [0.05, 0.1) is 6.10 Å². The summed E-state index contributed by atoms with van der Waals surface area (Å²) in [4.78, 5) is 15.8. The third-order valence-electron chi connectivity index (χ3n) is 4.44. The molecule has 1 amide bonds. The maximum absolute atomic E-state index is 11.3. The van der Waals surface area contributed by atoms with Gasteiger partial charge < -0.3 is 14.5 Å². The van der Waals surface area contributed by atoms with Gasteiger partial charge in [0.1, 0.15) is 0 Å². The van der Waals surface area contributed by atoms with Crippen LogP contribution >= 0.6 is 0 Å². The molecule has 0 atom stereocenters. The van der Waals surface area contributed by atoms with Crippen molar-refractivity contribution >= 4 is 5.91 Å².